The molecule has 32 heavy (non-hydrogen) atoms. The fourth-order valence-corrected chi connectivity index (χ4v) is 4.67. The summed E-state index contributed by atoms with van der Waals surface area (Å²) in [5.41, 5.74) is 3.79. The maximum atomic E-state index is 12.2. The summed E-state index contributed by atoms with van der Waals surface area (Å²) < 4.78 is 11.6. The van der Waals surface area contributed by atoms with Crippen LogP contribution in [0.5, 0.6) is 5.75 Å². The van der Waals surface area contributed by atoms with E-state index in [2.05, 4.69) is 15.9 Å². The van der Waals surface area contributed by atoms with Crippen molar-refractivity contribution in [3.05, 3.63) is 64.8 Å². The van der Waals surface area contributed by atoms with Crippen molar-refractivity contribution in [3.8, 4) is 22.7 Å². The van der Waals surface area contributed by atoms with Crippen LogP contribution in [0, 0.1) is 0 Å². The molecule has 2 atom stereocenters. The quantitative estimate of drug-likeness (QED) is 0.338. The van der Waals surface area contributed by atoms with Gasteiger partial charge in [-0.3, -0.25) is 4.79 Å². The number of methoxy groups -OCH3 is 1. The molecule has 0 bridgehead atoms. The molecule has 0 unspecified atom stereocenters. The maximum Gasteiger partial charge on any atom is 0.307 e. The van der Waals surface area contributed by atoms with Gasteiger partial charge in [0.15, 0.2) is 4.51 Å². The molecule has 1 aliphatic carbocycles. The van der Waals surface area contributed by atoms with Gasteiger partial charge in [0.25, 0.3) is 0 Å². The minimum absolute atomic E-state index is 0.294. The number of aryl methyl sites for hydroxylation is 1. The fourth-order valence-electron chi connectivity index (χ4n) is 3.94. The van der Waals surface area contributed by atoms with Crippen LogP contribution in [0.25, 0.3) is 16.9 Å². The summed E-state index contributed by atoms with van der Waals surface area (Å²) in [5.74, 6) is 0.392. The van der Waals surface area contributed by atoms with Crippen LogP contribution in [-0.2, 0) is 16.0 Å². The summed E-state index contributed by atoms with van der Waals surface area (Å²) in [6.07, 6.45) is 0.832. The summed E-state index contributed by atoms with van der Waals surface area (Å²) in [7, 11) is 1.62. The molecule has 8 heteroatoms. The third kappa shape index (κ3) is 4.29. The van der Waals surface area contributed by atoms with Crippen LogP contribution in [0.2, 0.25) is 5.02 Å². The van der Waals surface area contributed by atoms with E-state index in [0.717, 1.165) is 28.4 Å². The first-order chi connectivity index (χ1) is 15.4. The average molecular weight is 520 g/mol. The number of hydrogen-bond donors (Lipinski definition) is 1. The second-order valence-electron chi connectivity index (χ2n) is 7.74. The first-order valence-electron chi connectivity index (χ1n) is 10.5. The lowest BCUT2D eigenvalue weighted by atomic mass is 9.88. The lowest BCUT2D eigenvalue weighted by Gasteiger charge is -2.36. The summed E-state index contributed by atoms with van der Waals surface area (Å²) >= 11 is 9.65. The molecule has 0 spiro atoms. The highest BCUT2D eigenvalue weighted by atomic mass is 79.9. The van der Waals surface area contributed by atoms with Crippen LogP contribution >= 0.6 is 27.5 Å². The number of benzene rings is 2. The van der Waals surface area contributed by atoms with Gasteiger partial charge >= 0.3 is 5.97 Å². The van der Waals surface area contributed by atoms with E-state index in [0.29, 0.717) is 36.3 Å². The Balaban J connectivity index is 1.85. The molecule has 0 aliphatic heterocycles. The molecule has 0 amide bonds. The number of carbonyl (C=O) groups excluding carboxylic acids is 1. The van der Waals surface area contributed by atoms with Gasteiger partial charge in [0.2, 0.25) is 0 Å². The lowest BCUT2D eigenvalue weighted by Crippen LogP contribution is -2.39. The summed E-state index contributed by atoms with van der Waals surface area (Å²) in [4.78, 5) is 12.2. The number of fused-ring (bicyclic) bond motifs is 1. The van der Waals surface area contributed by atoms with Gasteiger partial charge in [-0.2, -0.15) is 5.10 Å². The predicted octanol–water partition coefficient (Wildman–Crippen LogP) is 5.62. The molecular formula is C24H24BrClN2O4. The normalized spacial score (nSPS) is 20.0. The van der Waals surface area contributed by atoms with E-state index in [-0.39, 0.29) is 5.97 Å². The summed E-state index contributed by atoms with van der Waals surface area (Å²) in [6.45, 7) is 1.91. The molecule has 4 rings (SSSR count). The third-order valence-electron chi connectivity index (χ3n) is 5.56. The molecule has 1 N–H and O–H groups in total. The molecule has 0 saturated heterocycles. The molecule has 0 radical (unpaired) electrons. The van der Waals surface area contributed by atoms with Gasteiger partial charge in [-0.15, -0.1) is 0 Å². The first kappa shape index (κ1) is 22.8. The number of aliphatic hydroxyl groups excluding tert-OH is 1. The number of carbonyl (C=O) groups is 1. The van der Waals surface area contributed by atoms with Crippen molar-refractivity contribution >= 4 is 33.5 Å². The van der Waals surface area contributed by atoms with Gasteiger partial charge in [-0.05, 0) is 65.2 Å². The van der Waals surface area contributed by atoms with E-state index >= 15 is 0 Å². The van der Waals surface area contributed by atoms with E-state index in [1.807, 2.05) is 48.0 Å². The number of ether oxygens (including phenoxy) is 2. The molecule has 1 aromatic heterocycles. The highest BCUT2D eigenvalue weighted by Crippen LogP contribution is 2.48. The van der Waals surface area contributed by atoms with E-state index in [1.165, 1.54) is 0 Å². The topological polar surface area (TPSA) is 73.6 Å². The maximum absolute atomic E-state index is 12.2. The SMILES string of the molecule is CCCC(=O)O[C@@]1(Br)CCc2nn(-c3ccc(OC)cc3)c(-c3ccc(Cl)cc3)c2[C@@H]1O. The van der Waals surface area contributed by atoms with Gasteiger partial charge in [-0.25, -0.2) is 4.68 Å². The Morgan fingerprint density at radius 3 is 2.56 bits per heavy atom. The van der Waals surface area contributed by atoms with Crippen molar-refractivity contribution in [2.75, 3.05) is 7.11 Å². The number of hydrogen-bond acceptors (Lipinski definition) is 5. The van der Waals surface area contributed by atoms with Crippen LogP contribution in [0.3, 0.4) is 0 Å². The monoisotopic (exact) mass is 518 g/mol. The highest BCUT2D eigenvalue weighted by molar-refractivity contribution is 9.10. The zero-order chi connectivity index (χ0) is 22.9. The lowest BCUT2D eigenvalue weighted by molar-refractivity contribution is -0.160. The summed E-state index contributed by atoms with van der Waals surface area (Å²) in [5, 5.41) is 16.9. The molecule has 3 aromatic rings. The molecular weight excluding hydrogens is 496 g/mol. The Morgan fingerprint density at radius 1 is 1.25 bits per heavy atom. The van der Waals surface area contributed by atoms with Gasteiger partial charge in [-0.1, -0.05) is 30.7 Å². The van der Waals surface area contributed by atoms with E-state index in [9.17, 15) is 9.90 Å². The molecule has 1 aliphatic rings. The minimum atomic E-state index is -1.21. The molecule has 0 fully saturated rings. The molecule has 0 saturated carbocycles. The summed E-state index contributed by atoms with van der Waals surface area (Å²) in [6, 6.07) is 14.9. The molecule has 1 heterocycles. The number of alkyl halides is 1. The van der Waals surface area contributed by atoms with Gasteiger partial charge < -0.3 is 14.6 Å². The number of nitrogens with zero attached hydrogens (tertiary/aromatic N) is 2. The Kier molecular flexibility index (Phi) is 6.60. The van der Waals surface area contributed by atoms with Crippen molar-refractivity contribution < 1.29 is 19.4 Å². The van der Waals surface area contributed by atoms with Gasteiger partial charge in [0, 0.05) is 29.0 Å². The number of esters is 1. The molecule has 2 aromatic carbocycles. The van der Waals surface area contributed by atoms with Gasteiger partial charge in [0.05, 0.1) is 24.2 Å². The smallest absolute Gasteiger partial charge is 0.307 e. The largest absolute Gasteiger partial charge is 0.497 e. The van der Waals surface area contributed by atoms with E-state index in [4.69, 9.17) is 26.2 Å². The Bertz CT molecular complexity index is 1110. The predicted molar refractivity (Wildman–Crippen MR) is 127 cm³/mol. The van der Waals surface area contributed by atoms with Crippen LogP contribution in [0.4, 0.5) is 0 Å². The minimum Gasteiger partial charge on any atom is -0.497 e. The number of rotatable bonds is 6. The number of halogens is 2. The molecule has 6 nitrogen and oxygen atoms in total. The van der Waals surface area contributed by atoms with E-state index in [1.54, 1.807) is 19.2 Å². The average Bonchev–Trinajstić information content (AvgIpc) is 3.17. The van der Waals surface area contributed by atoms with Crippen LogP contribution in [0.15, 0.2) is 48.5 Å². The first-order valence-corrected chi connectivity index (χ1v) is 11.6. The second-order valence-corrected chi connectivity index (χ2v) is 9.52. The Labute approximate surface area is 200 Å². The van der Waals surface area contributed by atoms with Crippen LogP contribution in [0.1, 0.15) is 43.5 Å². The van der Waals surface area contributed by atoms with Crippen molar-refractivity contribution in [2.24, 2.45) is 0 Å². The fraction of sp³-hybridized carbons (Fsp3) is 0.333. The van der Waals surface area contributed by atoms with Crippen molar-refractivity contribution in [1.82, 2.24) is 9.78 Å². The third-order valence-corrected chi connectivity index (χ3v) is 6.80. The number of aliphatic hydroxyl groups is 1. The van der Waals surface area contributed by atoms with Gasteiger partial charge in [0.1, 0.15) is 11.9 Å². The Morgan fingerprint density at radius 2 is 1.94 bits per heavy atom. The number of aromatic nitrogens is 2. The van der Waals surface area contributed by atoms with Crippen LogP contribution in [-0.4, -0.2) is 32.5 Å². The zero-order valence-electron chi connectivity index (χ0n) is 17.8. The van der Waals surface area contributed by atoms with Crippen molar-refractivity contribution in [2.45, 2.75) is 43.2 Å². The standard InChI is InChI=1S/C24H24BrClN2O4/c1-3-4-20(29)32-24(25)14-13-19-21(23(24)30)22(15-5-7-16(26)8-6-15)28(27-19)17-9-11-18(31-2)12-10-17/h5-12,23,30H,3-4,13-14H2,1-2H3/t23-,24-/m0/s1. The van der Waals surface area contributed by atoms with Crippen LogP contribution < -0.4 is 4.74 Å². The highest BCUT2D eigenvalue weighted by Gasteiger charge is 2.47. The second kappa shape index (κ2) is 9.25. The zero-order valence-corrected chi connectivity index (χ0v) is 20.2. The van der Waals surface area contributed by atoms with E-state index < -0.39 is 10.6 Å². The Hall–Kier alpha value is -2.35. The van der Waals surface area contributed by atoms with Crippen molar-refractivity contribution in [3.63, 3.8) is 0 Å². The molecule has 168 valence electrons. The van der Waals surface area contributed by atoms with Crippen molar-refractivity contribution in [1.29, 1.82) is 0 Å².